The third-order valence-electron chi connectivity index (χ3n) is 8.42. The normalized spacial score (nSPS) is 19.0. The zero-order valence-electron chi connectivity index (χ0n) is 23.9. The van der Waals surface area contributed by atoms with Gasteiger partial charge in [0.05, 0.1) is 24.5 Å². The summed E-state index contributed by atoms with van der Waals surface area (Å²) in [5, 5.41) is 14.7. The standard InChI is InChI=1S/C31H34N10O2/c42-27(41-16-14-40(15-17-41)24-5-2-21(3-6-24)29-32-9-1-10-33-29)20-39-13-8-22(19-39)31(43)36-23-4-7-26-25(18-23)28(38-37-26)30-34-11-12-35-30/h1-7,9-10,18,22H,8,11-17,19-20H2,(H,34,35)(H,36,43)(H,37,38)/t22-/m1/s1. The zero-order chi connectivity index (χ0) is 29.2. The van der Waals surface area contributed by atoms with Crippen LogP contribution in [0, 0.1) is 5.92 Å². The lowest BCUT2D eigenvalue weighted by Gasteiger charge is -2.36. The number of fused-ring (bicyclic) bond motifs is 1. The Labute approximate surface area is 249 Å². The number of carbonyl (C=O) groups excluding carboxylic acids is 2. The van der Waals surface area contributed by atoms with E-state index in [2.05, 4.69) is 57.7 Å². The van der Waals surface area contributed by atoms with Crippen LogP contribution in [-0.4, -0.2) is 107 Å². The zero-order valence-corrected chi connectivity index (χ0v) is 23.9. The predicted octanol–water partition coefficient (Wildman–Crippen LogP) is 1.98. The number of aromatic amines is 1. The van der Waals surface area contributed by atoms with E-state index in [1.54, 1.807) is 12.4 Å². The molecule has 0 radical (unpaired) electrons. The van der Waals surface area contributed by atoms with Crippen molar-refractivity contribution in [1.29, 1.82) is 0 Å². The van der Waals surface area contributed by atoms with Gasteiger partial charge in [0.25, 0.3) is 0 Å². The summed E-state index contributed by atoms with van der Waals surface area (Å²) in [5.41, 5.74) is 4.51. The maximum absolute atomic E-state index is 13.1. The number of nitrogens with one attached hydrogen (secondary N) is 3. The second-order valence-corrected chi connectivity index (χ2v) is 11.2. The summed E-state index contributed by atoms with van der Waals surface area (Å²) in [6, 6.07) is 15.8. The second kappa shape index (κ2) is 11.8. The average molecular weight is 579 g/mol. The van der Waals surface area contributed by atoms with Gasteiger partial charge in [-0.2, -0.15) is 5.10 Å². The quantitative estimate of drug-likeness (QED) is 0.303. The van der Waals surface area contributed by atoms with Crippen LogP contribution in [0.15, 0.2) is 65.9 Å². The molecule has 2 aromatic heterocycles. The Morgan fingerprint density at radius 2 is 1.79 bits per heavy atom. The first kappa shape index (κ1) is 27.0. The number of hydrogen-bond donors (Lipinski definition) is 3. The van der Waals surface area contributed by atoms with Crippen molar-refractivity contribution < 1.29 is 9.59 Å². The summed E-state index contributed by atoms with van der Waals surface area (Å²) in [6.45, 7) is 6.12. The maximum Gasteiger partial charge on any atom is 0.236 e. The van der Waals surface area contributed by atoms with Crippen molar-refractivity contribution in [3.63, 3.8) is 0 Å². The Morgan fingerprint density at radius 3 is 2.56 bits per heavy atom. The fraction of sp³-hybridized carbons (Fsp3) is 0.355. The average Bonchev–Trinajstić information content (AvgIpc) is 3.83. The Bertz CT molecular complexity index is 1640. The fourth-order valence-corrected chi connectivity index (χ4v) is 6.04. The van der Waals surface area contributed by atoms with Crippen LogP contribution >= 0.6 is 0 Å². The van der Waals surface area contributed by atoms with Crippen molar-refractivity contribution in [3.8, 4) is 11.4 Å². The third kappa shape index (κ3) is 5.78. The highest BCUT2D eigenvalue weighted by molar-refractivity contribution is 6.09. The maximum atomic E-state index is 13.1. The molecule has 0 saturated carbocycles. The van der Waals surface area contributed by atoms with Gasteiger partial charge in [0, 0.05) is 74.0 Å². The Balaban J connectivity index is 0.890. The molecule has 43 heavy (non-hydrogen) atoms. The number of amidine groups is 1. The molecule has 1 atom stereocenters. The lowest BCUT2D eigenvalue weighted by atomic mass is 10.1. The molecule has 2 saturated heterocycles. The van der Waals surface area contributed by atoms with Gasteiger partial charge >= 0.3 is 0 Å². The van der Waals surface area contributed by atoms with Crippen molar-refractivity contribution in [2.75, 3.05) is 69.1 Å². The van der Waals surface area contributed by atoms with E-state index in [0.29, 0.717) is 32.0 Å². The highest BCUT2D eigenvalue weighted by Gasteiger charge is 2.31. The molecule has 0 bridgehead atoms. The highest BCUT2D eigenvalue weighted by atomic mass is 16.2. The SMILES string of the molecule is O=C(Nc1ccc2[nH]nc(C3=NCCN3)c2c1)[C@@H]1CCN(CC(=O)N2CCN(c3ccc(-c4ncccn4)cc3)CC2)C1. The summed E-state index contributed by atoms with van der Waals surface area (Å²) in [7, 11) is 0. The summed E-state index contributed by atoms with van der Waals surface area (Å²) in [5.74, 6) is 1.44. The van der Waals surface area contributed by atoms with E-state index < -0.39 is 0 Å². The van der Waals surface area contributed by atoms with E-state index in [1.165, 1.54) is 0 Å². The first-order valence-corrected chi connectivity index (χ1v) is 14.8. The first-order chi connectivity index (χ1) is 21.1. The molecule has 2 fully saturated rings. The van der Waals surface area contributed by atoms with Gasteiger partial charge in [-0.15, -0.1) is 0 Å². The molecule has 3 aliphatic rings. The molecule has 3 aliphatic heterocycles. The van der Waals surface area contributed by atoms with Crippen LogP contribution < -0.4 is 15.5 Å². The number of benzene rings is 2. The molecule has 7 rings (SSSR count). The monoisotopic (exact) mass is 578 g/mol. The van der Waals surface area contributed by atoms with Crippen LogP contribution in [0.3, 0.4) is 0 Å². The van der Waals surface area contributed by atoms with E-state index >= 15 is 0 Å². The minimum absolute atomic E-state index is 0.0193. The van der Waals surface area contributed by atoms with Gasteiger partial charge in [-0.25, -0.2) is 9.97 Å². The lowest BCUT2D eigenvalue weighted by Crippen LogP contribution is -2.51. The number of hydrogen-bond acceptors (Lipinski definition) is 9. The molecule has 4 aromatic rings. The molecule has 2 aromatic carbocycles. The van der Waals surface area contributed by atoms with Crippen molar-refractivity contribution in [2.24, 2.45) is 10.9 Å². The Kier molecular flexibility index (Phi) is 7.42. The Hall–Kier alpha value is -4.84. The fourth-order valence-electron chi connectivity index (χ4n) is 6.04. The van der Waals surface area contributed by atoms with Gasteiger partial charge in [0.2, 0.25) is 11.8 Å². The molecule has 5 heterocycles. The number of nitrogens with zero attached hydrogens (tertiary/aromatic N) is 7. The summed E-state index contributed by atoms with van der Waals surface area (Å²) < 4.78 is 0. The number of likely N-dealkylation sites (tertiary alicyclic amines) is 1. The first-order valence-electron chi connectivity index (χ1n) is 14.8. The predicted molar refractivity (Wildman–Crippen MR) is 165 cm³/mol. The van der Waals surface area contributed by atoms with Gasteiger partial charge in [-0.1, -0.05) is 0 Å². The van der Waals surface area contributed by atoms with Crippen LogP contribution in [0.5, 0.6) is 0 Å². The molecule has 0 spiro atoms. The van der Waals surface area contributed by atoms with Gasteiger partial charge in [-0.3, -0.25) is 24.6 Å². The van der Waals surface area contributed by atoms with E-state index in [0.717, 1.165) is 78.5 Å². The van der Waals surface area contributed by atoms with Gasteiger partial charge in [-0.05, 0) is 61.5 Å². The number of rotatable bonds is 7. The van der Waals surface area contributed by atoms with Crippen LogP contribution in [-0.2, 0) is 9.59 Å². The number of anilines is 2. The number of amides is 2. The minimum Gasteiger partial charge on any atom is -0.368 e. The molecule has 220 valence electrons. The molecular formula is C31H34N10O2. The number of aromatic nitrogens is 4. The van der Waals surface area contributed by atoms with E-state index in [1.807, 2.05) is 41.3 Å². The lowest BCUT2D eigenvalue weighted by molar-refractivity contribution is -0.132. The summed E-state index contributed by atoms with van der Waals surface area (Å²) in [4.78, 5) is 45.7. The number of piperazine rings is 1. The number of H-pyrrole nitrogens is 1. The molecule has 3 N–H and O–H groups in total. The van der Waals surface area contributed by atoms with Crippen LogP contribution in [0.25, 0.3) is 22.3 Å². The van der Waals surface area contributed by atoms with Crippen molar-refractivity contribution in [3.05, 3.63) is 66.6 Å². The summed E-state index contributed by atoms with van der Waals surface area (Å²) >= 11 is 0. The van der Waals surface area contributed by atoms with Crippen LogP contribution in [0.4, 0.5) is 11.4 Å². The van der Waals surface area contributed by atoms with Gasteiger partial charge < -0.3 is 20.4 Å². The minimum atomic E-state index is -0.158. The Morgan fingerprint density at radius 1 is 0.977 bits per heavy atom. The van der Waals surface area contributed by atoms with Crippen LogP contribution in [0.2, 0.25) is 0 Å². The van der Waals surface area contributed by atoms with E-state index in [4.69, 9.17) is 0 Å². The largest absolute Gasteiger partial charge is 0.368 e. The third-order valence-corrected chi connectivity index (χ3v) is 8.42. The van der Waals surface area contributed by atoms with Gasteiger partial charge in [0.1, 0.15) is 11.5 Å². The van der Waals surface area contributed by atoms with E-state index in [9.17, 15) is 9.59 Å². The smallest absolute Gasteiger partial charge is 0.236 e. The molecule has 0 unspecified atom stereocenters. The van der Waals surface area contributed by atoms with Gasteiger partial charge in [0.15, 0.2) is 5.82 Å². The van der Waals surface area contributed by atoms with Crippen molar-refractivity contribution in [2.45, 2.75) is 6.42 Å². The highest BCUT2D eigenvalue weighted by Crippen LogP contribution is 2.25. The molecule has 0 aliphatic carbocycles. The molecular weight excluding hydrogens is 544 g/mol. The topological polar surface area (TPSA) is 135 Å². The van der Waals surface area contributed by atoms with Crippen molar-refractivity contribution in [1.82, 2.24) is 35.3 Å². The number of aliphatic imine (C=N–C) groups is 1. The van der Waals surface area contributed by atoms with Crippen molar-refractivity contribution >= 4 is 39.9 Å². The second-order valence-electron chi connectivity index (χ2n) is 11.2. The van der Waals surface area contributed by atoms with E-state index in [-0.39, 0.29) is 17.7 Å². The number of carbonyl (C=O) groups is 2. The molecule has 12 nitrogen and oxygen atoms in total. The molecule has 12 heteroatoms. The molecule has 2 amide bonds. The van der Waals surface area contributed by atoms with Crippen LogP contribution in [0.1, 0.15) is 12.1 Å². The summed E-state index contributed by atoms with van der Waals surface area (Å²) in [6.07, 6.45) is 4.22.